The average molecular weight is 253 g/mol. The molecule has 0 radical (unpaired) electrons. The lowest BCUT2D eigenvalue weighted by Crippen LogP contribution is -2.13. The van der Waals surface area contributed by atoms with E-state index in [4.69, 9.17) is 0 Å². The highest BCUT2D eigenvalue weighted by molar-refractivity contribution is 6.03. The third kappa shape index (κ3) is 2.13. The molecule has 0 atom stereocenters. The maximum atomic E-state index is 12.0. The zero-order valence-corrected chi connectivity index (χ0v) is 9.92. The number of para-hydroxylation sites is 1. The Morgan fingerprint density at radius 3 is 2.84 bits per heavy atom. The first-order chi connectivity index (χ1) is 9.24. The van der Waals surface area contributed by atoms with Crippen LogP contribution in [0, 0.1) is 0 Å². The predicted molar refractivity (Wildman–Crippen MR) is 72.2 cm³/mol. The number of H-pyrrole nitrogens is 1. The normalized spacial score (nSPS) is 10.5. The zero-order chi connectivity index (χ0) is 13.2. The lowest BCUT2D eigenvalue weighted by Gasteiger charge is -2.04. The SMILES string of the molecule is O=C(Nc1ccc[nH]1)c1ccc2cccc(O)c2n1. The number of amides is 1. The fraction of sp³-hybridized carbons (Fsp3) is 0. The summed E-state index contributed by atoms with van der Waals surface area (Å²) < 4.78 is 0. The fourth-order valence-electron chi connectivity index (χ4n) is 1.85. The van der Waals surface area contributed by atoms with Gasteiger partial charge in [-0.3, -0.25) is 4.79 Å². The molecule has 19 heavy (non-hydrogen) atoms. The minimum absolute atomic E-state index is 0.0621. The second kappa shape index (κ2) is 4.45. The van der Waals surface area contributed by atoms with E-state index in [0.29, 0.717) is 11.3 Å². The van der Waals surface area contributed by atoms with Crippen molar-refractivity contribution in [2.75, 3.05) is 5.32 Å². The van der Waals surface area contributed by atoms with E-state index in [1.54, 1.807) is 42.6 Å². The van der Waals surface area contributed by atoms with Crippen molar-refractivity contribution in [3.63, 3.8) is 0 Å². The summed E-state index contributed by atoms with van der Waals surface area (Å²) in [6.07, 6.45) is 1.72. The number of benzene rings is 1. The van der Waals surface area contributed by atoms with Gasteiger partial charge in [0.1, 0.15) is 22.8 Å². The summed E-state index contributed by atoms with van der Waals surface area (Å²) in [6, 6.07) is 12.0. The summed E-state index contributed by atoms with van der Waals surface area (Å²) in [4.78, 5) is 19.0. The first kappa shape index (κ1) is 11.3. The highest BCUT2D eigenvalue weighted by atomic mass is 16.3. The molecule has 1 aromatic carbocycles. The number of pyridine rings is 1. The molecular weight excluding hydrogens is 242 g/mol. The van der Waals surface area contributed by atoms with Crippen molar-refractivity contribution in [2.24, 2.45) is 0 Å². The Morgan fingerprint density at radius 2 is 2.05 bits per heavy atom. The summed E-state index contributed by atoms with van der Waals surface area (Å²) in [6.45, 7) is 0. The van der Waals surface area contributed by atoms with Gasteiger partial charge in [0, 0.05) is 11.6 Å². The average Bonchev–Trinajstić information content (AvgIpc) is 2.92. The van der Waals surface area contributed by atoms with E-state index in [1.807, 2.05) is 6.07 Å². The molecule has 1 amide bonds. The van der Waals surface area contributed by atoms with Crippen LogP contribution >= 0.6 is 0 Å². The third-order valence-corrected chi connectivity index (χ3v) is 2.78. The molecule has 0 spiro atoms. The molecular formula is C14H11N3O2. The smallest absolute Gasteiger partial charge is 0.275 e. The Bertz CT molecular complexity index is 736. The van der Waals surface area contributed by atoms with Gasteiger partial charge in [-0.05, 0) is 24.3 Å². The standard InChI is InChI=1S/C14H11N3O2/c18-11-4-1-3-9-6-7-10(16-13(9)11)14(19)17-12-5-2-8-15-12/h1-8,15,18H,(H,17,19). The Labute approximate surface area is 108 Å². The highest BCUT2D eigenvalue weighted by Crippen LogP contribution is 2.22. The molecule has 5 heteroatoms. The van der Waals surface area contributed by atoms with Crippen molar-refractivity contribution in [3.05, 3.63) is 54.4 Å². The number of fused-ring (bicyclic) bond motifs is 1. The molecule has 0 bridgehead atoms. The van der Waals surface area contributed by atoms with Gasteiger partial charge in [0.05, 0.1) is 0 Å². The van der Waals surface area contributed by atoms with E-state index < -0.39 is 0 Å². The van der Waals surface area contributed by atoms with E-state index in [9.17, 15) is 9.90 Å². The Hall–Kier alpha value is -2.82. The van der Waals surface area contributed by atoms with E-state index in [2.05, 4.69) is 15.3 Å². The minimum atomic E-state index is -0.326. The molecule has 3 rings (SSSR count). The summed E-state index contributed by atoms with van der Waals surface area (Å²) in [5.74, 6) is 0.337. The molecule has 0 aliphatic carbocycles. The minimum Gasteiger partial charge on any atom is -0.506 e. The van der Waals surface area contributed by atoms with E-state index in [-0.39, 0.29) is 17.4 Å². The molecule has 2 heterocycles. The molecule has 0 fully saturated rings. The quantitative estimate of drug-likeness (QED) is 0.656. The van der Waals surface area contributed by atoms with Crippen LogP contribution in [0.25, 0.3) is 10.9 Å². The van der Waals surface area contributed by atoms with Crippen LogP contribution in [-0.4, -0.2) is 21.0 Å². The number of nitrogens with one attached hydrogen (secondary N) is 2. The maximum absolute atomic E-state index is 12.0. The van der Waals surface area contributed by atoms with Crippen molar-refractivity contribution in [1.29, 1.82) is 0 Å². The van der Waals surface area contributed by atoms with E-state index >= 15 is 0 Å². The molecule has 94 valence electrons. The number of carbonyl (C=O) groups excluding carboxylic acids is 1. The number of nitrogens with zero attached hydrogens (tertiary/aromatic N) is 1. The number of hydrogen-bond donors (Lipinski definition) is 3. The predicted octanol–water partition coefficient (Wildman–Crippen LogP) is 2.52. The number of carbonyl (C=O) groups is 1. The topological polar surface area (TPSA) is 78.0 Å². The van der Waals surface area contributed by atoms with Gasteiger partial charge in [-0.25, -0.2) is 4.98 Å². The van der Waals surface area contributed by atoms with E-state index in [0.717, 1.165) is 5.39 Å². The van der Waals surface area contributed by atoms with Crippen LogP contribution < -0.4 is 5.32 Å². The molecule has 3 aromatic rings. The number of anilines is 1. The Morgan fingerprint density at radius 1 is 1.16 bits per heavy atom. The molecule has 0 saturated heterocycles. The van der Waals surface area contributed by atoms with Crippen molar-refractivity contribution < 1.29 is 9.90 Å². The molecule has 0 unspecified atom stereocenters. The number of rotatable bonds is 2. The van der Waals surface area contributed by atoms with Gasteiger partial charge in [-0.1, -0.05) is 18.2 Å². The van der Waals surface area contributed by atoms with Gasteiger partial charge in [0.25, 0.3) is 5.91 Å². The summed E-state index contributed by atoms with van der Waals surface area (Å²) >= 11 is 0. The zero-order valence-electron chi connectivity index (χ0n) is 9.92. The molecule has 0 aliphatic heterocycles. The van der Waals surface area contributed by atoms with Gasteiger partial charge in [0.15, 0.2) is 0 Å². The van der Waals surface area contributed by atoms with Crippen LogP contribution in [0.3, 0.4) is 0 Å². The number of aromatic nitrogens is 2. The van der Waals surface area contributed by atoms with Crippen molar-refractivity contribution in [2.45, 2.75) is 0 Å². The molecule has 3 N–H and O–H groups in total. The lowest BCUT2D eigenvalue weighted by molar-refractivity contribution is 0.102. The monoisotopic (exact) mass is 253 g/mol. The van der Waals surface area contributed by atoms with Gasteiger partial charge < -0.3 is 15.4 Å². The van der Waals surface area contributed by atoms with Gasteiger partial charge in [-0.2, -0.15) is 0 Å². The van der Waals surface area contributed by atoms with Crippen molar-refractivity contribution >= 4 is 22.6 Å². The van der Waals surface area contributed by atoms with Crippen molar-refractivity contribution in [1.82, 2.24) is 9.97 Å². The number of phenolic OH excluding ortho intramolecular Hbond substituents is 1. The maximum Gasteiger partial charge on any atom is 0.275 e. The first-order valence-corrected chi connectivity index (χ1v) is 5.77. The van der Waals surface area contributed by atoms with Crippen LogP contribution in [0.15, 0.2) is 48.7 Å². The number of aromatic hydroxyl groups is 1. The summed E-state index contributed by atoms with van der Waals surface area (Å²) in [5.41, 5.74) is 0.672. The van der Waals surface area contributed by atoms with Crippen LogP contribution in [0.5, 0.6) is 5.75 Å². The second-order valence-corrected chi connectivity index (χ2v) is 4.08. The van der Waals surface area contributed by atoms with Crippen LogP contribution in [-0.2, 0) is 0 Å². The van der Waals surface area contributed by atoms with Crippen LogP contribution in [0.1, 0.15) is 10.5 Å². The number of phenols is 1. The number of aromatic amines is 1. The van der Waals surface area contributed by atoms with Gasteiger partial charge in [-0.15, -0.1) is 0 Å². The van der Waals surface area contributed by atoms with Gasteiger partial charge >= 0.3 is 0 Å². The highest BCUT2D eigenvalue weighted by Gasteiger charge is 2.10. The van der Waals surface area contributed by atoms with Gasteiger partial charge in [0.2, 0.25) is 0 Å². The molecule has 0 saturated carbocycles. The summed E-state index contributed by atoms with van der Waals surface area (Å²) in [5, 5.41) is 13.2. The van der Waals surface area contributed by atoms with Crippen LogP contribution in [0.2, 0.25) is 0 Å². The first-order valence-electron chi connectivity index (χ1n) is 5.77. The summed E-state index contributed by atoms with van der Waals surface area (Å²) in [7, 11) is 0. The molecule has 0 aliphatic rings. The fourth-order valence-corrected chi connectivity index (χ4v) is 1.85. The van der Waals surface area contributed by atoms with Crippen molar-refractivity contribution in [3.8, 4) is 5.75 Å². The Balaban J connectivity index is 1.97. The second-order valence-electron chi connectivity index (χ2n) is 4.08. The number of hydrogen-bond acceptors (Lipinski definition) is 3. The van der Waals surface area contributed by atoms with E-state index in [1.165, 1.54) is 0 Å². The third-order valence-electron chi connectivity index (χ3n) is 2.78. The molecule has 2 aromatic heterocycles. The Kier molecular flexibility index (Phi) is 2.64. The van der Waals surface area contributed by atoms with Crippen LogP contribution in [0.4, 0.5) is 5.82 Å². The lowest BCUT2D eigenvalue weighted by atomic mass is 10.2. The molecule has 5 nitrogen and oxygen atoms in total. The largest absolute Gasteiger partial charge is 0.506 e.